The van der Waals surface area contributed by atoms with Crippen LogP contribution in [0.15, 0.2) is 62.6 Å². The summed E-state index contributed by atoms with van der Waals surface area (Å²) in [6.45, 7) is 0. The van der Waals surface area contributed by atoms with Crippen LogP contribution >= 0.6 is 11.6 Å². The van der Waals surface area contributed by atoms with Gasteiger partial charge in [0.15, 0.2) is 0 Å². The van der Waals surface area contributed by atoms with Crippen molar-refractivity contribution in [2.24, 2.45) is 10.3 Å². The number of hydrogen-bond donors (Lipinski definition) is 1. The molecule has 2 aromatic rings. The predicted molar refractivity (Wildman–Crippen MR) is 93.7 cm³/mol. The molecule has 0 aliphatic carbocycles. The van der Waals surface area contributed by atoms with Gasteiger partial charge in [0.2, 0.25) is 9.84 Å². The van der Waals surface area contributed by atoms with Crippen molar-refractivity contribution < 1.29 is 25.6 Å². The Balaban J connectivity index is 2.35. The molecule has 0 aliphatic rings. The van der Waals surface area contributed by atoms with Crippen molar-refractivity contribution in [3.63, 3.8) is 0 Å². The summed E-state index contributed by atoms with van der Waals surface area (Å²) in [5.41, 5.74) is 0.375. The van der Waals surface area contributed by atoms with Gasteiger partial charge in [-0.2, -0.15) is 8.42 Å². The summed E-state index contributed by atoms with van der Waals surface area (Å²) in [5, 5.41) is 9.10. The summed E-state index contributed by atoms with van der Waals surface area (Å²) in [4.78, 5) is -0.281. The highest BCUT2D eigenvalue weighted by atomic mass is 35.5. The van der Waals surface area contributed by atoms with Gasteiger partial charge in [0.05, 0.1) is 20.5 Å². The first kappa shape index (κ1) is 20.1. The van der Waals surface area contributed by atoms with Gasteiger partial charge in [0.25, 0.3) is 0 Å². The van der Waals surface area contributed by atoms with Crippen molar-refractivity contribution in [1.82, 2.24) is 5.01 Å². The Morgan fingerprint density at radius 3 is 2.15 bits per heavy atom. The number of nitrogens with zero attached hydrogens (tertiary/aromatic N) is 3. The topological polar surface area (TPSA) is 126 Å². The van der Waals surface area contributed by atoms with E-state index in [-0.39, 0.29) is 20.6 Å². The third kappa shape index (κ3) is 5.14. The minimum atomic E-state index is -4.69. The van der Waals surface area contributed by atoms with Gasteiger partial charge in [-0.15, -0.1) is 5.11 Å². The van der Waals surface area contributed by atoms with Crippen LogP contribution in [0.2, 0.25) is 5.02 Å². The predicted octanol–water partition coefficient (Wildman–Crippen LogP) is 2.91. The van der Waals surface area contributed by atoms with Crippen molar-refractivity contribution in [1.29, 1.82) is 0 Å². The molecule has 0 radical (unpaired) electrons. The number of sulfone groups is 1. The third-order valence-corrected chi connectivity index (χ3v) is 5.54. The molecule has 140 valence electrons. The maximum Gasteiger partial charge on any atom is 0.446 e. The average molecular weight is 420 g/mol. The fourth-order valence-corrected chi connectivity index (χ4v) is 3.98. The van der Waals surface area contributed by atoms with E-state index in [2.05, 4.69) is 14.5 Å². The molecule has 9 nitrogen and oxygen atoms in total. The van der Waals surface area contributed by atoms with Crippen LogP contribution in [0.1, 0.15) is 0 Å². The van der Waals surface area contributed by atoms with E-state index in [1.54, 1.807) is 14.1 Å². The van der Waals surface area contributed by atoms with E-state index in [4.69, 9.17) is 16.2 Å². The summed E-state index contributed by atoms with van der Waals surface area (Å²) in [5.74, 6) is -0.239. The molecule has 2 aromatic carbocycles. The summed E-state index contributed by atoms with van der Waals surface area (Å²) in [7, 11) is -5.29. The Morgan fingerprint density at radius 1 is 1.04 bits per heavy atom. The van der Waals surface area contributed by atoms with Gasteiger partial charge in [0, 0.05) is 14.1 Å². The molecule has 0 spiro atoms. The molecule has 2 rings (SSSR count). The van der Waals surface area contributed by atoms with Gasteiger partial charge in [-0.1, -0.05) is 16.8 Å². The molecular weight excluding hydrogens is 406 g/mol. The van der Waals surface area contributed by atoms with Crippen LogP contribution < -0.4 is 4.18 Å². The van der Waals surface area contributed by atoms with Crippen molar-refractivity contribution >= 4 is 37.5 Å². The largest absolute Gasteiger partial charge is 0.446 e. The maximum atomic E-state index is 12.7. The fraction of sp³-hybridized carbons (Fsp3) is 0.143. The molecule has 0 saturated heterocycles. The van der Waals surface area contributed by atoms with E-state index in [9.17, 15) is 16.8 Å². The molecule has 0 unspecified atom stereocenters. The SMILES string of the molecule is CN(C)N=Nc1ccc(S(=O)(=O)c2ccc(OS(=O)(=O)O)cc2)c(Cl)c1. The summed E-state index contributed by atoms with van der Waals surface area (Å²) >= 11 is 6.07. The zero-order valence-corrected chi connectivity index (χ0v) is 16.0. The molecule has 26 heavy (non-hydrogen) atoms. The van der Waals surface area contributed by atoms with E-state index < -0.39 is 20.2 Å². The van der Waals surface area contributed by atoms with Crippen molar-refractivity contribution in [2.75, 3.05) is 14.1 Å². The molecule has 0 aromatic heterocycles. The van der Waals surface area contributed by atoms with Crippen LogP contribution in [0.4, 0.5) is 5.69 Å². The van der Waals surface area contributed by atoms with Crippen LogP contribution in [0, 0.1) is 0 Å². The van der Waals surface area contributed by atoms with Gasteiger partial charge in [-0.05, 0) is 42.5 Å². The molecule has 0 aliphatic heterocycles. The van der Waals surface area contributed by atoms with Gasteiger partial charge in [-0.25, -0.2) is 8.42 Å². The zero-order chi connectivity index (χ0) is 19.5. The normalized spacial score (nSPS) is 12.3. The lowest BCUT2D eigenvalue weighted by Gasteiger charge is -2.08. The molecule has 1 N–H and O–H groups in total. The highest BCUT2D eigenvalue weighted by Gasteiger charge is 2.21. The van der Waals surface area contributed by atoms with Crippen LogP contribution in [-0.2, 0) is 20.2 Å². The van der Waals surface area contributed by atoms with E-state index in [0.717, 1.165) is 24.3 Å². The Kier molecular flexibility index (Phi) is 5.86. The first-order valence-electron chi connectivity index (χ1n) is 6.89. The molecule has 12 heteroatoms. The number of rotatable bonds is 6. The molecule has 0 saturated carbocycles. The lowest BCUT2D eigenvalue weighted by Crippen LogP contribution is -2.07. The summed E-state index contributed by atoms with van der Waals surface area (Å²) in [6.07, 6.45) is 0. The number of halogens is 1. The Labute approximate surface area is 155 Å². The van der Waals surface area contributed by atoms with Crippen molar-refractivity contribution in [3.8, 4) is 5.75 Å². The third-order valence-electron chi connectivity index (χ3n) is 2.88. The highest BCUT2D eigenvalue weighted by molar-refractivity contribution is 7.91. The molecular formula is C14H14ClN3O6S2. The van der Waals surface area contributed by atoms with Gasteiger partial charge in [0.1, 0.15) is 5.75 Å². The van der Waals surface area contributed by atoms with Crippen LogP contribution in [0.25, 0.3) is 0 Å². The monoisotopic (exact) mass is 419 g/mol. The minimum absolute atomic E-state index is 0.0431. The Bertz CT molecular complexity index is 1030. The van der Waals surface area contributed by atoms with Crippen molar-refractivity contribution in [3.05, 3.63) is 47.5 Å². The summed E-state index contributed by atoms with van der Waals surface area (Å²) in [6, 6.07) is 8.54. The zero-order valence-electron chi connectivity index (χ0n) is 13.6. The number of hydrogen-bond acceptors (Lipinski definition) is 7. The lowest BCUT2D eigenvalue weighted by atomic mass is 10.3. The molecule has 0 amide bonds. The highest BCUT2D eigenvalue weighted by Crippen LogP contribution is 2.31. The van der Waals surface area contributed by atoms with E-state index in [1.165, 1.54) is 23.2 Å². The first-order valence-corrected chi connectivity index (χ1v) is 10.1. The van der Waals surface area contributed by atoms with E-state index >= 15 is 0 Å². The molecule has 0 heterocycles. The molecule has 0 fully saturated rings. The van der Waals surface area contributed by atoms with Crippen LogP contribution in [0.3, 0.4) is 0 Å². The quantitative estimate of drug-likeness (QED) is 0.433. The standard InChI is InChI=1S/C14H14ClN3O6S2/c1-18(2)17-16-10-3-8-14(13(15)9-10)25(19,20)12-6-4-11(5-7-12)24-26(21,22)23/h3-9H,1-2H3,(H,21,22,23). The smallest absolute Gasteiger partial charge is 0.362 e. The lowest BCUT2D eigenvalue weighted by molar-refractivity contribution is 0.386. The van der Waals surface area contributed by atoms with Crippen LogP contribution in [0.5, 0.6) is 5.75 Å². The molecule has 0 bridgehead atoms. The Hall–Kier alpha value is -2.21. The summed E-state index contributed by atoms with van der Waals surface area (Å²) < 4.78 is 59.5. The number of benzene rings is 2. The second-order valence-corrected chi connectivity index (χ2v) is 8.48. The minimum Gasteiger partial charge on any atom is -0.362 e. The van der Waals surface area contributed by atoms with E-state index in [1.807, 2.05) is 0 Å². The second-order valence-electron chi connectivity index (χ2n) is 5.14. The van der Waals surface area contributed by atoms with E-state index in [0.29, 0.717) is 5.69 Å². The Morgan fingerprint density at radius 2 is 1.65 bits per heavy atom. The second kappa shape index (κ2) is 7.58. The first-order chi connectivity index (χ1) is 12.0. The fourth-order valence-electron chi connectivity index (χ4n) is 1.83. The van der Waals surface area contributed by atoms with Crippen LogP contribution in [-0.4, -0.2) is 40.5 Å². The van der Waals surface area contributed by atoms with Crippen molar-refractivity contribution in [2.45, 2.75) is 9.79 Å². The van der Waals surface area contributed by atoms with Gasteiger partial charge >= 0.3 is 10.4 Å². The average Bonchev–Trinajstić information content (AvgIpc) is 2.51. The maximum absolute atomic E-state index is 12.7. The van der Waals surface area contributed by atoms with Gasteiger partial charge in [-0.3, -0.25) is 9.56 Å². The van der Waals surface area contributed by atoms with Gasteiger partial charge < -0.3 is 4.18 Å². The molecule has 0 atom stereocenters.